The van der Waals surface area contributed by atoms with Gasteiger partial charge in [-0.1, -0.05) is 103 Å². The molecule has 0 saturated heterocycles. The molecule has 11 rings (SSSR count). The highest BCUT2D eigenvalue weighted by Crippen LogP contribution is 2.40. The number of fused-ring (bicyclic) bond motifs is 6. The third kappa shape index (κ3) is 5.99. The molecule has 0 fully saturated rings. The van der Waals surface area contributed by atoms with Gasteiger partial charge in [0.2, 0.25) is 0 Å². The zero-order chi connectivity index (χ0) is 37.7. The fourth-order valence-corrected chi connectivity index (χ4v) is 8.14. The molecule has 266 valence electrons. The van der Waals surface area contributed by atoms with Crippen LogP contribution in [0.5, 0.6) is 0 Å². The van der Waals surface area contributed by atoms with Gasteiger partial charge in [0.15, 0.2) is 0 Å². The molecule has 0 N–H and O–H groups in total. The lowest BCUT2D eigenvalue weighted by molar-refractivity contribution is 1.08. The quantitative estimate of drug-likeness (QED) is 0.160. The van der Waals surface area contributed by atoms with Gasteiger partial charge in [-0.3, -0.25) is 0 Å². The molecule has 0 atom stereocenters. The zero-order valence-electron chi connectivity index (χ0n) is 30.8. The standard InChI is InChI=1S/C52H33N5/c1-2-4-37-29-40(6-5-34(37)3-1)41-13-21-49-42(30-41)7-8-43-33-48(20-22-50(43)49)57(46-16-9-35(10-17-46)38-14-23-51-44(31-38)25-27-53-55-51)47-18-11-36(12-19-47)39-15-24-52-45(32-39)26-28-54-56-52/h1-33H. The Morgan fingerprint density at radius 2 is 0.702 bits per heavy atom. The van der Waals surface area contributed by atoms with Crippen molar-refractivity contribution in [2.45, 2.75) is 0 Å². The summed E-state index contributed by atoms with van der Waals surface area (Å²) < 4.78 is 0. The topological polar surface area (TPSA) is 54.8 Å². The zero-order valence-corrected chi connectivity index (χ0v) is 30.8. The van der Waals surface area contributed by atoms with Gasteiger partial charge in [0.25, 0.3) is 0 Å². The van der Waals surface area contributed by atoms with Crippen molar-refractivity contribution in [2.75, 3.05) is 4.90 Å². The van der Waals surface area contributed by atoms with E-state index in [2.05, 4.69) is 189 Å². The number of hydrogen-bond acceptors (Lipinski definition) is 5. The van der Waals surface area contributed by atoms with Gasteiger partial charge >= 0.3 is 0 Å². The summed E-state index contributed by atoms with van der Waals surface area (Å²) >= 11 is 0. The lowest BCUT2D eigenvalue weighted by Gasteiger charge is -2.26. The van der Waals surface area contributed by atoms with Crippen molar-refractivity contribution in [3.63, 3.8) is 0 Å². The van der Waals surface area contributed by atoms with Gasteiger partial charge in [0.05, 0.1) is 23.4 Å². The summed E-state index contributed by atoms with van der Waals surface area (Å²) in [5.41, 5.74) is 12.0. The van der Waals surface area contributed by atoms with Crippen LogP contribution in [0.25, 0.3) is 87.5 Å². The summed E-state index contributed by atoms with van der Waals surface area (Å²) in [7, 11) is 0. The third-order valence-electron chi connectivity index (χ3n) is 11.1. The Morgan fingerprint density at radius 3 is 1.32 bits per heavy atom. The maximum absolute atomic E-state index is 4.26. The Bertz CT molecular complexity index is 3180. The van der Waals surface area contributed by atoms with E-state index in [0.29, 0.717) is 0 Å². The smallest absolute Gasteiger partial charge is 0.0930 e. The number of rotatable bonds is 6. The second kappa shape index (κ2) is 13.5. The minimum absolute atomic E-state index is 0.888. The summed E-state index contributed by atoms with van der Waals surface area (Å²) in [5.74, 6) is 0. The Kier molecular flexibility index (Phi) is 7.74. The van der Waals surface area contributed by atoms with Gasteiger partial charge in [-0.15, -0.1) is 0 Å². The van der Waals surface area contributed by atoms with Crippen LogP contribution in [-0.4, -0.2) is 20.4 Å². The van der Waals surface area contributed by atoms with E-state index in [9.17, 15) is 0 Å². The molecule has 0 bridgehead atoms. The van der Waals surface area contributed by atoms with Crippen molar-refractivity contribution in [2.24, 2.45) is 0 Å². The van der Waals surface area contributed by atoms with Crippen LogP contribution in [0.15, 0.2) is 200 Å². The molecule has 5 heteroatoms. The van der Waals surface area contributed by atoms with Gasteiger partial charge in [-0.2, -0.15) is 20.4 Å². The first-order chi connectivity index (χ1) is 28.2. The number of nitrogens with zero attached hydrogens (tertiary/aromatic N) is 5. The molecule has 0 aliphatic rings. The Balaban J connectivity index is 0.981. The van der Waals surface area contributed by atoms with Crippen LogP contribution in [0.2, 0.25) is 0 Å². The maximum atomic E-state index is 4.26. The second-order valence-electron chi connectivity index (χ2n) is 14.5. The monoisotopic (exact) mass is 727 g/mol. The number of hydrogen-bond donors (Lipinski definition) is 0. The van der Waals surface area contributed by atoms with Crippen LogP contribution in [-0.2, 0) is 0 Å². The summed E-state index contributed by atoms with van der Waals surface area (Å²) in [6.45, 7) is 0. The van der Waals surface area contributed by atoms with Crippen LogP contribution in [0.1, 0.15) is 0 Å². The molecule has 0 amide bonds. The van der Waals surface area contributed by atoms with Crippen molar-refractivity contribution < 1.29 is 0 Å². The Morgan fingerprint density at radius 1 is 0.281 bits per heavy atom. The molecule has 5 nitrogen and oxygen atoms in total. The van der Waals surface area contributed by atoms with Gasteiger partial charge in [0, 0.05) is 27.8 Å². The molecule has 11 aromatic rings. The molecule has 0 aliphatic heterocycles. The lowest BCUT2D eigenvalue weighted by atomic mass is 9.96. The molecule has 9 aromatic carbocycles. The summed E-state index contributed by atoms with van der Waals surface area (Å²) in [6, 6.07) is 67.7. The predicted octanol–water partition coefficient (Wildman–Crippen LogP) is 13.5. The average molecular weight is 728 g/mol. The summed E-state index contributed by atoms with van der Waals surface area (Å²) in [6.07, 6.45) is 3.48. The number of benzene rings is 9. The third-order valence-corrected chi connectivity index (χ3v) is 11.1. The van der Waals surface area contributed by atoms with Crippen molar-refractivity contribution in [3.8, 4) is 33.4 Å². The molecule has 2 heterocycles. The summed E-state index contributed by atoms with van der Waals surface area (Å²) in [5, 5.41) is 26.1. The number of anilines is 3. The molecule has 0 aliphatic carbocycles. The maximum Gasteiger partial charge on any atom is 0.0930 e. The molecule has 57 heavy (non-hydrogen) atoms. The first-order valence-corrected chi connectivity index (χ1v) is 19.1. The van der Waals surface area contributed by atoms with Crippen LogP contribution in [0.3, 0.4) is 0 Å². The van der Waals surface area contributed by atoms with Crippen molar-refractivity contribution in [1.29, 1.82) is 0 Å². The Labute approximate surface area is 329 Å². The highest BCUT2D eigenvalue weighted by Gasteiger charge is 2.15. The molecule has 0 saturated carbocycles. The van der Waals surface area contributed by atoms with E-state index in [-0.39, 0.29) is 0 Å². The van der Waals surface area contributed by atoms with Gasteiger partial charge in [0.1, 0.15) is 0 Å². The van der Waals surface area contributed by atoms with E-state index < -0.39 is 0 Å². The van der Waals surface area contributed by atoms with Crippen molar-refractivity contribution in [1.82, 2.24) is 20.4 Å². The minimum Gasteiger partial charge on any atom is -0.310 e. The van der Waals surface area contributed by atoms with E-state index in [4.69, 9.17) is 0 Å². The van der Waals surface area contributed by atoms with E-state index in [1.54, 1.807) is 12.4 Å². The SMILES string of the molecule is c1ccc2cc(-c3ccc4c(ccc5cc(N(c6ccc(-c7ccc8nnccc8c7)cc6)c6ccc(-c7ccc8nnccc8c7)cc6)ccc54)c3)ccc2c1. The van der Waals surface area contributed by atoms with E-state index in [1.165, 1.54) is 43.4 Å². The van der Waals surface area contributed by atoms with Gasteiger partial charge < -0.3 is 4.90 Å². The van der Waals surface area contributed by atoms with Crippen LogP contribution in [0, 0.1) is 0 Å². The van der Waals surface area contributed by atoms with Gasteiger partial charge in [-0.25, -0.2) is 0 Å². The molecular weight excluding hydrogens is 695 g/mol. The second-order valence-corrected chi connectivity index (χ2v) is 14.5. The normalized spacial score (nSPS) is 11.5. The van der Waals surface area contributed by atoms with E-state index in [1.807, 2.05) is 24.3 Å². The number of aromatic nitrogens is 4. The highest BCUT2D eigenvalue weighted by molar-refractivity contribution is 6.09. The minimum atomic E-state index is 0.888. The largest absolute Gasteiger partial charge is 0.310 e. The highest BCUT2D eigenvalue weighted by atomic mass is 15.1. The Hall–Kier alpha value is -7.76. The van der Waals surface area contributed by atoms with Crippen LogP contribution >= 0.6 is 0 Å². The molecule has 0 unspecified atom stereocenters. The van der Waals surface area contributed by atoms with Crippen LogP contribution in [0.4, 0.5) is 17.1 Å². The lowest BCUT2D eigenvalue weighted by Crippen LogP contribution is -2.09. The molecule has 0 radical (unpaired) electrons. The first-order valence-electron chi connectivity index (χ1n) is 19.1. The predicted molar refractivity (Wildman–Crippen MR) is 236 cm³/mol. The molecule has 0 spiro atoms. The van der Waals surface area contributed by atoms with Crippen molar-refractivity contribution >= 4 is 71.2 Å². The van der Waals surface area contributed by atoms with Crippen LogP contribution < -0.4 is 4.90 Å². The molecule has 2 aromatic heterocycles. The fraction of sp³-hybridized carbons (Fsp3) is 0. The average Bonchev–Trinajstić information content (AvgIpc) is 3.29. The van der Waals surface area contributed by atoms with Gasteiger partial charge in [-0.05, 0) is 151 Å². The first kappa shape index (κ1) is 32.7. The molecular formula is C52H33N5. The van der Waals surface area contributed by atoms with E-state index >= 15 is 0 Å². The van der Waals surface area contributed by atoms with E-state index in [0.717, 1.165) is 61.1 Å². The summed E-state index contributed by atoms with van der Waals surface area (Å²) in [4.78, 5) is 2.34. The fourth-order valence-electron chi connectivity index (χ4n) is 8.14. The van der Waals surface area contributed by atoms with Crippen molar-refractivity contribution in [3.05, 3.63) is 200 Å².